The highest BCUT2D eigenvalue weighted by Crippen LogP contribution is 2.39. The van der Waals surface area contributed by atoms with Gasteiger partial charge in [0.05, 0.1) is 45.4 Å². The quantitative estimate of drug-likeness (QED) is 0.0749. The third kappa shape index (κ3) is 12.5. The Kier molecular flexibility index (Phi) is 17.9. The fourth-order valence-electron chi connectivity index (χ4n) is 11.7. The number of carbonyl (C=O) groups excluding carboxylic acids is 2. The van der Waals surface area contributed by atoms with Gasteiger partial charge in [0, 0.05) is 81.1 Å². The zero-order valence-electron chi connectivity index (χ0n) is 48.4. The number of amides is 2. The molecule has 450 valence electrons. The Morgan fingerprint density at radius 1 is 0.570 bits per heavy atom. The molecule has 12 rings (SSSR count). The Hall–Kier alpha value is -7.32. The van der Waals surface area contributed by atoms with Gasteiger partial charge in [-0.2, -0.15) is 0 Å². The number of aryl methyl sites for hydroxylation is 2. The van der Waals surface area contributed by atoms with Crippen LogP contribution in [0.1, 0.15) is 107 Å². The summed E-state index contributed by atoms with van der Waals surface area (Å²) in [7, 11) is -2.83. The lowest BCUT2D eigenvalue weighted by Gasteiger charge is -2.31. The predicted octanol–water partition coefficient (Wildman–Crippen LogP) is 10.9. The van der Waals surface area contributed by atoms with Crippen molar-refractivity contribution in [3.8, 4) is 22.5 Å². The topological polar surface area (TPSA) is 205 Å². The Morgan fingerprint density at radius 3 is 1.37 bits per heavy atom. The van der Waals surface area contributed by atoms with E-state index in [1.807, 2.05) is 41.9 Å². The highest BCUT2D eigenvalue weighted by Gasteiger charge is 2.36. The van der Waals surface area contributed by atoms with Gasteiger partial charge in [-0.05, 0) is 154 Å². The van der Waals surface area contributed by atoms with Gasteiger partial charge in [0.15, 0.2) is 10.3 Å². The maximum atomic E-state index is 13.5. The molecule has 6 aromatic heterocycles. The van der Waals surface area contributed by atoms with E-state index in [0.29, 0.717) is 63.1 Å². The second kappa shape index (κ2) is 25.6. The number of thiazole rings is 2. The number of nitrogens with two attached hydrogens (primary N) is 1. The molecule has 0 bridgehead atoms. The summed E-state index contributed by atoms with van der Waals surface area (Å²) >= 11 is 3.04. The number of piperidine rings is 2. The molecule has 0 spiro atoms. The van der Waals surface area contributed by atoms with Gasteiger partial charge in [-0.15, -0.1) is 22.7 Å². The molecule has 0 radical (unpaired) electrons. The second-order valence-electron chi connectivity index (χ2n) is 21.8. The van der Waals surface area contributed by atoms with E-state index in [-0.39, 0.29) is 59.8 Å². The molecule has 9 heterocycles. The lowest BCUT2D eigenvalue weighted by molar-refractivity contribution is 0.0654. The van der Waals surface area contributed by atoms with E-state index in [1.165, 1.54) is 56.8 Å². The molecule has 2 amide bonds. The van der Waals surface area contributed by atoms with E-state index >= 15 is 0 Å². The summed E-state index contributed by atoms with van der Waals surface area (Å²) < 4.78 is 85.9. The largest absolute Gasteiger partial charge is 0.330 e. The van der Waals surface area contributed by atoms with Crippen LogP contribution >= 0.6 is 22.7 Å². The molecule has 0 atom stereocenters. The minimum Gasteiger partial charge on any atom is -0.330 e. The van der Waals surface area contributed by atoms with E-state index in [1.54, 1.807) is 52.8 Å². The number of pyridine rings is 2. The zero-order valence-corrected chi connectivity index (χ0v) is 51.6. The van der Waals surface area contributed by atoms with Gasteiger partial charge in [-0.3, -0.25) is 23.3 Å². The molecule has 3 aromatic carbocycles. The smallest absolute Gasteiger partial charge is 0.261 e. The van der Waals surface area contributed by atoms with Crippen molar-refractivity contribution >= 4 is 87.7 Å². The number of aromatic nitrogens is 6. The van der Waals surface area contributed by atoms with E-state index < -0.39 is 20.0 Å². The third-order valence-electron chi connectivity index (χ3n) is 16.4. The first-order valence-electron chi connectivity index (χ1n) is 29.0. The van der Waals surface area contributed by atoms with Gasteiger partial charge >= 0.3 is 0 Å². The van der Waals surface area contributed by atoms with Gasteiger partial charge in [0.25, 0.3) is 11.8 Å². The summed E-state index contributed by atoms with van der Waals surface area (Å²) in [5.41, 5.74) is 15.4. The number of hydrogen-bond acceptors (Lipinski definition) is 15. The number of anilines is 4. The average Bonchev–Trinajstić information content (AvgIpc) is 2.36. The van der Waals surface area contributed by atoms with Crippen molar-refractivity contribution in [2.24, 2.45) is 5.73 Å². The van der Waals surface area contributed by atoms with Crippen LogP contribution in [0.4, 0.5) is 30.7 Å². The lowest BCUT2D eigenvalue weighted by atomic mass is 9.91. The van der Waals surface area contributed by atoms with E-state index in [2.05, 4.69) is 52.1 Å². The molecule has 3 aliphatic rings. The fourth-order valence-corrected chi connectivity index (χ4v) is 16.4. The maximum absolute atomic E-state index is 13.5. The standard InChI is InChI=1S/C35H35FN6O4S2.C27H33FN6O2S2/c1-3-29-32(39(2)35-38-30(22-47-35)24-9-12-26(36)13-10-24)42-21-25(11-14-31(42)37-29)23-15-18-40(19-16-23)48(45,46)20-6-17-41-33(43)27-7-4-5-8-28(27)34(41)44;1-3-23-26(32(2)27-31-24(18-37-27)20-5-8-22(28)9-6-20)34-17-21(7-10-25(34)30-23)19-11-14-33(15-12-19)38(35,36)16-4-13-29/h4-5,7-14,21-23H,3,6,15-20H2,1-2H3;5-10,17-19H,3-4,11-16,29H2,1-2H3. The molecule has 9 aromatic rings. The van der Waals surface area contributed by atoms with E-state index in [9.17, 15) is 35.2 Å². The Morgan fingerprint density at radius 2 is 0.977 bits per heavy atom. The fraction of sp³-hybridized carbons (Fsp3) is 0.355. The van der Waals surface area contributed by atoms with Crippen LogP contribution in [0.25, 0.3) is 33.8 Å². The predicted molar refractivity (Wildman–Crippen MR) is 335 cm³/mol. The monoisotopic (exact) mass is 1240 g/mol. The number of fused-ring (bicyclic) bond motifs is 3. The number of imide groups is 1. The van der Waals surface area contributed by atoms with Crippen molar-refractivity contribution in [1.29, 1.82) is 0 Å². The minimum absolute atomic E-state index is 0.0675. The Balaban J connectivity index is 0.000000184. The summed E-state index contributed by atoms with van der Waals surface area (Å²) in [4.78, 5) is 50.0. The highest BCUT2D eigenvalue weighted by molar-refractivity contribution is 7.89. The summed E-state index contributed by atoms with van der Waals surface area (Å²) in [6.07, 6.45) is 9.34. The third-order valence-corrected chi connectivity index (χ3v) is 22.2. The Labute approximate surface area is 507 Å². The summed E-state index contributed by atoms with van der Waals surface area (Å²) in [6, 6.07) is 27.6. The van der Waals surface area contributed by atoms with Crippen molar-refractivity contribution in [2.45, 2.75) is 77.0 Å². The van der Waals surface area contributed by atoms with Gasteiger partial charge in [-0.1, -0.05) is 38.1 Å². The van der Waals surface area contributed by atoms with Gasteiger partial charge in [-0.25, -0.2) is 54.2 Å². The summed E-state index contributed by atoms with van der Waals surface area (Å²) in [5, 5.41) is 5.56. The number of nitrogens with zero attached hydrogens (tertiary/aromatic N) is 11. The molecule has 2 saturated heterocycles. The molecule has 24 heteroatoms. The van der Waals surface area contributed by atoms with E-state index in [0.717, 1.165) is 103 Å². The van der Waals surface area contributed by atoms with Gasteiger partial charge < -0.3 is 15.5 Å². The number of sulfonamides is 2. The molecule has 0 aliphatic carbocycles. The Bertz CT molecular complexity index is 4120. The molecule has 3 aliphatic heterocycles. The second-order valence-corrected chi connectivity index (χ2v) is 27.6. The molecule has 0 unspecified atom stereocenters. The number of rotatable bonds is 19. The lowest BCUT2D eigenvalue weighted by Crippen LogP contribution is -2.40. The average molecular weight is 1240 g/mol. The van der Waals surface area contributed by atoms with Crippen molar-refractivity contribution in [1.82, 2.24) is 42.2 Å². The van der Waals surface area contributed by atoms with Gasteiger partial charge in [0.2, 0.25) is 20.0 Å². The first kappa shape index (κ1) is 60.4. The van der Waals surface area contributed by atoms with Gasteiger partial charge in [0.1, 0.15) is 34.6 Å². The maximum Gasteiger partial charge on any atom is 0.261 e. The van der Waals surface area contributed by atoms with Crippen LogP contribution in [0.5, 0.6) is 0 Å². The van der Waals surface area contributed by atoms with Crippen LogP contribution < -0.4 is 15.5 Å². The summed E-state index contributed by atoms with van der Waals surface area (Å²) in [5.74, 6) is 1.03. The first-order chi connectivity index (χ1) is 41.4. The van der Waals surface area contributed by atoms with Crippen LogP contribution in [0, 0.1) is 11.6 Å². The van der Waals surface area contributed by atoms with Crippen LogP contribution in [-0.2, 0) is 32.9 Å². The van der Waals surface area contributed by atoms with Crippen LogP contribution in [-0.4, -0.2) is 136 Å². The first-order valence-corrected chi connectivity index (χ1v) is 34.0. The normalized spacial score (nSPS) is 15.6. The SMILES string of the molecule is CCc1nc2ccc(C3CCN(S(=O)(=O)CCCN)CC3)cn2c1N(C)c1nc(-c2ccc(F)cc2)cs1.CCc1nc2ccc(C3CCN(S(=O)(=O)CCCN4C(=O)c5ccccc5C4=O)CC3)cn2c1N(C)c1nc(-c2ccc(F)cc2)cs1. The number of carbonyl (C=O) groups is 2. The number of imidazole rings is 2. The molecule has 2 N–H and O–H groups in total. The molecule has 0 saturated carbocycles. The van der Waals surface area contributed by atoms with Crippen molar-refractivity contribution in [2.75, 3.05) is 74.7 Å². The highest BCUT2D eigenvalue weighted by atomic mass is 32.2. The minimum atomic E-state index is -3.55. The van der Waals surface area contributed by atoms with E-state index in [4.69, 9.17) is 25.7 Å². The molecular weight excluding hydrogens is 1180 g/mol. The van der Waals surface area contributed by atoms with Crippen molar-refractivity contribution < 1.29 is 35.2 Å². The molecular formula is C62H68F2N12O6S4. The molecule has 18 nitrogen and oxygen atoms in total. The molecule has 2 fully saturated rings. The zero-order chi connectivity index (χ0) is 60.4. The van der Waals surface area contributed by atoms with Crippen molar-refractivity contribution in [3.63, 3.8) is 0 Å². The van der Waals surface area contributed by atoms with Crippen LogP contribution in [0.3, 0.4) is 0 Å². The van der Waals surface area contributed by atoms with Crippen LogP contribution in [0.2, 0.25) is 0 Å². The summed E-state index contributed by atoms with van der Waals surface area (Å²) in [6.45, 7) is 6.47. The number of hydrogen-bond donors (Lipinski definition) is 1. The number of halogens is 2. The van der Waals surface area contributed by atoms with Crippen LogP contribution in [0.15, 0.2) is 120 Å². The van der Waals surface area contributed by atoms with Crippen molar-refractivity contribution in [3.05, 3.63) is 165 Å². The number of benzene rings is 3. The molecule has 86 heavy (non-hydrogen) atoms.